The van der Waals surface area contributed by atoms with E-state index in [0.717, 1.165) is 0 Å². The summed E-state index contributed by atoms with van der Waals surface area (Å²) in [4.78, 5) is 20.6. The molecule has 8 nitrogen and oxygen atoms in total. The van der Waals surface area contributed by atoms with Crippen LogP contribution in [0.3, 0.4) is 0 Å². The first-order valence-corrected chi connectivity index (χ1v) is 11.7. The van der Waals surface area contributed by atoms with E-state index in [9.17, 15) is 13.2 Å². The smallest absolute Gasteiger partial charge is 0.310 e. The van der Waals surface area contributed by atoms with E-state index in [2.05, 4.69) is 20.0 Å². The average Bonchev–Trinajstić information content (AvgIpc) is 2.61. The van der Waals surface area contributed by atoms with Crippen LogP contribution in [0.1, 0.15) is 33.3 Å². The molecule has 0 amide bonds. The van der Waals surface area contributed by atoms with Gasteiger partial charge in [0, 0.05) is 23.0 Å². The average molecular weight is 439 g/mol. The predicted octanol–water partition coefficient (Wildman–Crippen LogP) is 3.12. The molecule has 10 heteroatoms. The number of esters is 1. The molecule has 0 bridgehead atoms. The maximum Gasteiger partial charge on any atom is 0.310 e. The molecule has 0 atom stereocenters. The topological polar surface area (TPSA) is 110 Å². The van der Waals surface area contributed by atoms with Crippen molar-refractivity contribution < 1.29 is 17.9 Å². The number of hydrogen-bond acceptors (Lipinski definition) is 8. The Morgan fingerprint density at radius 3 is 2.62 bits per heavy atom. The van der Waals surface area contributed by atoms with Crippen LogP contribution >= 0.6 is 11.8 Å². The van der Waals surface area contributed by atoms with Crippen LogP contribution in [0.2, 0.25) is 0 Å². The van der Waals surface area contributed by atoms with Gasteiger partial charge in [-0.1, -0.05) is 17.8 Å². The lowest BCUT2D eigenvalue weighted by Crippen LogP contribution is -2.40. The van der Waals surface area contributed by atoms with E-state index in [-0.39, 0.29) is 23.9 Å². The fraction of sp³-hybridized carbons (Fsp3) is 0.421. The highest BCUT2D eigenvalue weighted by molar-refractivity contribution is 7.98. The number of nitrogens with one attached hydrogen (secondary N) is 2. The van der Waals surface area contributed by atoms with Gasteiger partial charge in [0.05, 0.1) is 17.9 Å². The Morgan fingerprint density at radius 2 is 2.00 bits per heavy atom. The Balaban J connectivity index is 2.35. The van der Waals surface area contributed by atoms with E-state index in [1.54, 1.807) is 46.0 Å². The van der Waals surface area contributed by atoms with Crippen molar-refractivity contribution in [2.24, 2.45) is 0 Å². The molecule has 0 aliphatic heterocycles. The van der Waals surface area contributed by atoms with Gasteiger partial charge in [-0.15, -0.1) is 0 Å². The second-order valence-corrected chi connectivity index (χ2v) is 9.68. The predicted molar refractivity (Wildman–Crippen MR) is 114 cm³/mol. The van der Waals surface area contributed by atoms with Crippen molar-refractivity contribution in [2.45, 2.75) is 49.7 Å². The van der Waals surface area contributed by atoms with E-state index in [0.29, 0.717) is 22.2 Å². The molecule has 0 fully saturated rings. The minimum Gasteiger partial charge on any atom is -0.466 e. The van der Waals surface area contributed by atoms with E-state index >= 15 is 0 Å². The van der Waals surface area contributed by atoms with E-state index in [4.69, 9.17) is 4.74 Å². The van der Waals surface area contributed by atoms with Crippen molar-refractivity contribution in [3.63, 3.8) is 0 Å². The summed E-state index contributed by atoms with van der Waals surface area (Å²) in [6.07, 6.45) is 3.42. The van der Waals surface area contributed by atoms with Gasteiger partial charge >= 0.3 is 5.97 Å². The largest absolute Gasteiger partial charge is 0.466 e. The molecule has 2 rings (SSSR count). The normalized spacial score (nSPS) is 11.9. The van der Waals surface area contributed by atoms with Crippen LogP contribution in [0.4, 0.5) is 11.5 Å². The third kappa shape index (κ3) is 6.98. The Morgan fingerprint density at radius 1 is 1.28 bits per heavy atom. The monoisotopic (exact) mass is 438 g/mol. The highest BCUT2D eigenvalue weighted by Gasteiger charge is 2.22. The van der Waals surface area contributed by atoms with Crippen LogP contribution in [-0.2, 0) is 26.0 Å². The van der Waals surface area contributed by atoms with Gasteiger partial charge in [-0.05, 0) is 52.1 Å². The second-order valence-electron chi connectivity index (χ2n) is 7.22. The quantitative estimate of drug-likeness (QED) is 0.367. The number of rotatable bonds is 8. The number of carbonyl (C=O) groups excluding carboxylic acids is 1. The van der Waals surface area contributed by atoms with Gasteiger partial charge in [0.2, 0.25) is 10.0 Å². The molecule has 0 spiro atoms. The SMILES string of the molecule is CCOC(=O)Cc1cnc(SC)nc1Nc1cccc(S(=O)(=O)NC(C)(C)C)c1. The number of nitrogens with zero attached hydrogens (tertiary/aromatic N) is 2. The van der Waals surface area contributed by atoms with Crippen LogP contribution < -0.4 is 10.0 Å². The summed E-state index contributed by atoms with van der Waals surface area (Å²) >= 11 is 1.36. The highest BCUT2D eigenvalue weighted by Crippen LogP contribution is 2.24. The van der Waals surface area contributed by atoms with Crippen LogP contribution in [0.5, 0.6) is 0 Å². The van der Waals surface area contributed by atoms with Gasteiger partial charge < -0.3 is 10.1 Å². The number of carbonyl (C=O) groups is 1. The maximum absolute atomic E-state index is 12.6. The lowest BCUT2D eigenvalue weighted by molar-refractivity contribution is -0.142. The number of aromatic nitrogens is 2. The minimum absolute atomic E-state index is 0.00834. The Labute approximate surface area is 175 Å². The molecule has 29 heavy (non-hydrogen) atoms. The van der Waals surface area contributed by atoms with Crippen LogP contribution in [0.15, 0.2) is 40.5 Å². The maximum atomic E-state index is 12.6. The first-order valence-electron chi connectivity index (χ1n) is 9.00. The van der Waals surface area contributed by atoms with Crippen LogP contribution in [-0.4, -0.2) is 42.8 Å². The first kappa shape index (κ1) is 23.1. The number of benzene rings is 1. The van der Waals surface area contributed by atoms with Crippen molar-refractivity contribution in [3.8, 4) is 0 Å². The lowest BCUT2D eigenvalue weighted by atomic mass is 10.1. The summed E-state index contributed by atoms with van der Waals surface area (Å²) in [5.41, 5.74) is 0.481. The third-order valence-electron chi connectivity index (χ3n) is 3.51. The van der Waals surface area contributed by atoms with Crippen molar-refractivity contribution >= 4 is 39.3 Å². The molecule has 0 aliphatic rings. The Kier molecular flexibility index (Phi) is 7.61. The molecule has 0 saturated heterocycles. The zero-order valence-electron chi connectivity index (χ0n) is 17.1. The van der Waals surface area contributed by atoms with Gasteiger partial charge in [0.25, 0.3) is 0 Å². The Hall–Kier alpha value is -2.17. The number of ether oxygens (including phenoxy) is 1. The second kappa shape index (κ2) is 9.55. The van der Waals surface area contributed by atoms with Crippen molar-refractivity contribution in [2.75, 3.05) is 18.2 Å². The zero-order chi connectivity index (χ0) is 21.7. The number of sulfonamides is 1. The van der Waals surface area contributed by atoms with Gasteiger partial charge in [-0.25, -0.2) is 23.1 Å². The number of hydrogen-bond donors (Lipinski definition) is 2. The molecule has 0 unspecified atom stereocenters. The number of thioether (sulfide) groups is 1. The van der Waals surface area contributed by atoms with Gasteiger partial charge in [-0.3, -0.25) is 4.79 Å². The molecule has 0 radical (unpaired) electrons. The van der Waals surface area contributed by atoms with E-state index in [1.165, 1.54) is 23.9 Å². The molecule has 1 heterocycles. The molecular formula is C19H26N4O4S2. The fourth-order valence-corrected chi connectivity index (χ4v) is 4.24. The van der Waals surface area contributed by atoms with Crippen molar-refractivity contribution in [1.29, 1.82) is 0 Å². The summed E-state index contributed by atoms with van der Waals surface area (Å²) in [7, 11) is -3.68. The highest BCUT2D eigenvalue weighted by atomic mass is 32.2. The molecule has 1 aromatic heterocycles. The molecular weight excluding hydrogens is 412 g/mol. The molecule has 0 aliphatic carbocycles. The summed E-state index contributed by atoms with van der Waals surface area (Å²) in [5.74, 6) is 0.0393. The van der Waals surface area contributed by atoms with Gasteiger partial charge in [-0.2, -0.15) is 0 Å². The van der Waals surface area contributed by atoms with E-state index in [1.807, 2.05) is 6.26 Å². The summed E-state index contributed by atoms with van der Waals surface area (Å²) in [6.45, 7) is 7.35. The minimum atomic E-state index is -3.68. The van der Waals surface area contributed by atoms with Crippen LogP contribution in [0.25, 0.3) is 0 Å². The standard InChI is InChI=1S/C19H26N4O4S2/c1-6-27-16(24)10-13-12-20-18(28-5)22-17(13)21-14-8-7-9-15(11-14)29(25,26)23-19(2,3)4/h7-9,11-12,23H,6,10H2,1-5H3,(H,20,21,22). The third-order valence-corrected chi connectivity index (χ3v) is 5.83. The van der Waals surface area contributed by atoms with E-state index < -0.39 is 15.6 Å². The van der Waals surface area contributed by atoms with Crippen molar-refractivity contribution in [3.05, 3.63) is 36.0 Å². The lowest BCUT2D eigenvalue weighted by Gasteiger charge is -2.20. The summed E-state index contributed by atoms with van der Waals surface area (Å²) in [5, 5.41) is 3.63. The zero-order valence-corrected chi connectivity index (χ0v) is 18.8. The molecule has 2 N–H and O–H groups in total. The number of anilines is 2. The summed E-state index contributed by atoms with van der Waals surface area (Å²) < 4.78 is 32.8. The van der Waals surface area contributed by atoms with Gasteiger partial charge in [0.15, 0.2) is 5.16 Å². The summed E-state index contributed by atoms with van der Waals surface area (Å²) in [6, 6.07) is 6.40. The molecule has 0 saturated carbocycles. The first-order chi connectivity index (χ1) is 13.5. The molecule has 1 aromatic carbocycles. The Bertz CT molecular complexity index is 972. The fourth-order valence-electron chi connectivity index (χ4n) is 2.43. The van der Waals surface area contributed by atoms with Crippen molar-refractivity contribution in [1.82, 2.24) is 14.7 Å². The van der Waals surface area contributed by atoms with Crippen LogP contribution in [0, 0.1) is 0 Å². The van der Waals surface area contributed by atoms with Gasteiger partial charge in [0.1, 0.15) is 5.82 Å². The molecule has 2 aromatic rings. The molecule has 158 valence electrons.